The Kier molecular flexibility index (Phi) is 7.77. The number of nitrogens with one attached hydrogen (secondary N) is 1. The van der Waals surface area contributed by atoms with E-state index in [9.17, 15) is 4.79 Å². The molecule has 0 fully saturated rings. The van der Waals surface area contributed by atoms with Crippen molar-refractivity contribution in [1.82, 2.24) is 14.8 Å². The highest BCUT2D eigenvalue weighted by Crippen LogP contribution is 2.30. The Morgan fingerprint density at radius 3 is 2.44 bits per heavy atom. The number of carbonyl (C=O) groups is 1. The van der Waals surface area contributed by atoms with Gasteiger partial charge in [-0.15, -0.1) is 10.2 Å². The summed E-state index contributed by atoms with van der Waals surface area (Å²) in [6.07, 6.45) is 0. The first-order valence-corrected chi connectivity index (χ1v) is 12.3. The molecular formula is C25H22Cl2N4O2S. The zero-order chi connectivity index (χ0) is 24.1. The van der Waals surface area contributed by atoms with Gasteiger partial charge in [-0.1, -0.05) is 58.7 Å². The van der Waals surface area contributed by atoms with E-state index in [-0.39, 0.29) is 11.7 Å². The summed E-state index contributed by atoms with van der Waals surface area (Å²) in [5, 5.41) is 13.1. The average molecular weight is 513 g/mol. The molecule has 3 aromatic carbocycles. The molecule has 4 rings (SSSR count). The maximum Gasteiger partial charge on any atom is 0.234 e. The van der Waals surface area contributed by atoms with Gasteiger partial charge in [0, 0.05) is 27.0 Å². The predicted octanol–water partition coefficient (Wildman–Crippen LogP) is 6.68. The van der Waals surface area contributed by atoms with E-state index in [2.05, 4.69) is 21.6 Å². The molecule has 4 aromatic rings. The normalized spacial score (nSPS) is 10.8. The second-order valence-electron chi connectivity index (χ2n) is 7.43. The van der Waals surface area contributed by atoms with E-state index in [4.69, 9.17) is 27.9 Å². The molecule has 0 bridgehead atoms. The average Bonchev–Trinajstić information content (AvgIpc) is 3.22. The first kappa shape index (κ1) is 24.1. The molecule has 0 atom stereocenters. The summed E-state index contributed by atoms with van der Waals surface area (Å²) in [6.45, 7) is 4.57. The Bertz CT molecular complexity index is 1290. The quantitative estimate of drug-likeness (QED) is 0.266. The minimum absolute atomic E-state index is 0.132. The molecule has 1 heterocycles. The van der Waals surface area contributed by atoms with Crippen molar-refractivity contribution in [2.24, 2.45) is 0 Å². The second-order valence-corrected chi connectivity index (χ2v) is 9.25. The number of carbonyl (C=O) groups excluding carboxylic acids is 1. The summed E-state index contributed by atoms with van der Waals surface area (Å²) in [5.74, 6) is 1.40. The van der Waals surface area contributed by atoms with Crippen LogP contribution < -0.4 is 10.1 Å². The molecule has 0 radical (unpaired) electrons. The summed E-state index contributed by atoms with van der Waals surface area (Å²) >= 11 is 13.3. The number of thioether (sulfide) groups is 1. The smallest absolute Gasteiger partial charge is 0.234 e. The fourth-order valence-corrected chi connectivity index (χ4v) is 4.66. The Hall–Kier alpha value is -3.00. The van der Waals surface area contributed by atoms with Crippen LogP contribution >= 0.6 is 35.0 Å². The molecule has 0 aliphatic rings. The Balaban J connectivity index is 1.61. The van der Waals surface area contributed by atoms with Crippen LogP contribution in [0.15, 0.2) is 71.9 Å². The van der Waals surface area contributed by atoms with Crippen molar-refractivity contribution >= 4 is 46.6 Å². The fourth-order valence-electron chi connectivity index (χ4n) is 3.38. The van der Waals surface area contributed by atoms with E-state index in [0.717, 1.165) is 22.6 Å². The number of anilines is 1. The Morgan fingerprint density at radius 2 is 1.76 bits per heavy atom. The van der Waals surface area contributed by atoms with E-state index in [0.29, 0.717) is 33.3 Å². The van der Waals surface area contributed by atoms with Gasteiger partial charge in [0.2, 0.25) is 5.91 Å². The number of amides is 1. The third kappa shape index (κ3) is 5.91. The van der Waals surface area contributed by atoms with Crippen LogP contribution in [0.4, 0.5) is 5.69 Å². The maximum absolute atomic E-state index is 12.6. The van der Waals surface area contributed by atoms with Crippen LogP contribution in [0.5, 0.6) is 5.75 Å². The van der Waals surface area contributed by atoms with E-state index in [1.54, 1.807) is 18.2 Å². The summed E-state index contributed by atoms with van der Waals surface area (Å²) < 4.78 is 7.52. The van der Waals surface area contributed by atoms with Gasteiger partial charge in [-0.25, -0.2) is 0 Å². The topological polar surface area (TPSA) is 69.0 Å². The molecule has 1 N–H and O–H groups in total. The van der Waals surface area contributed by atoms with Crippen LogP contribution in [0.1, 0.15) is 12.5 Å². The lowest BCUT2D eigenvalue weighted by Gasteiger charge is -2.12. The Morgan fingerprint density at radius 1 is 1.03 bits per heavy atom. The highest BCUT2D eigenvalue weighted by molar-refractivity contribution is 7.99. The molecule has 0 spiro atoms. The van der Waals surface area contributed by atoms with Gasteiger partial charge in [-0.2, -0.15) is 0 Å². The van der Waals surface area contributed by atoms with Crippen LogP contribution in [0.3, 0.4) is 0 Å². The number of aromatic nitrogens is 3. The lowest BCUT2D eigenvalue weighted by Crippen LogP contribution is -2.14. The van der Waals surface area contributed by atoms with Crippen molar-refractivity contribution in [2.75, 3.05) is 17.7 Å². The zero-order valence-corrected chi connectivity index (χ0v) is 20.9. The number of hydrogen-bond donors (Lipinski definition) is 1. The maximum atomic E-state index is 12.6. The molecule has 9 heteroatoms. The zero-order valence-electron chi connectivity index (χ0n) is 18.6. The van der Waals surface area contributed by atoms with Crippen molar-refractivity contribution in [2.45, 2.75) is 19.0 Å². The number of halogens is 2. The molecular weight excluding hydrogens is 491 g/mol. The van der Waals surface area contributed by atoms with Gasteiger partial charge in [-0.3, -0.25) is 9.36 Å². The van der Waals surface area contributed by atoms with E-state index < -0.39 is 0 Å². The minimum atomic E-state index is -0.207. The van der Waals surface area contributed by atoms with Crippen LogP contribution in [-0.4, -0.2) is 33.0 Å². The van der Waals surface area contributed by atoms with E-state index in [1.807, 2.05) is 60.9 Å². The van der Waals surface area contributed by atoms with Crippen LogP contribution in [0.25, 0.3) is 17.1 Å². The lowest BCUT2D eigenvalue weighted by molar-refractivity contribution is -0.113. The minimum Gasteiger partial charge on any atom is -0.494 e. The molecule has 1 aromatic heterocycles. The summed E-state index contributed by atoms with van der Waals surface area (Å²) in [5.41, 5.74) is 3.46. The van der Waals surface area contributed by atoms with Gasteiger partial charge in [0.05, 0.1) is 12.4 Å². The molecule has 34 heavy (non-hydrogen) atoms. The van der Waals surface area contributed by atoms with E-state index >= 15 is 0 Å². The summed E-state index contributed by atoms with van der Waals surface area (Å²) in [7, 11) is 0. The number of rotatable bonds is 8. The van der Waals surface area contributed by atoms with Gasteiger partial charge >= 0.3 is 0 Å². The summed E-state index contributed by atoms with van der Waals surface area (Å²) in [6, 6.07) is 20.7. The highest BCUT2D eigenvalue weighted by atomic mass is 35.5. The molecule has 174 valence electrons. The molecule has 6 nitrogen and oxygen atoms in total. The largest absolute Gasteiger partial charge is 0.494 e. The number of ether oxygens (including phenoxy) is 1. The molecule has 0 aliphatic carbocycles. The van der Waals surface area contributed by atoms with Crippen LogP contribution in [-0.2, 0) is 4.79 Å². The second kappa shape index (κ2) is 11.0. The van der Waals surface area contributed by atoms with Crippen LogP contribution in [0.2, 0.25) is 10.0 Å². The number of aryl methyl sites for hydroxylation is 1. The third-order valence-corrected chi connectivity index (χ3v) is 6.16. The molecule has 0 unspecified atom stereocenters. The number of benzene rings is 3. The molecule has 0 aliphatic heterocycles. The van der Waals surface area contributed by atoms with Gasteiger partial charge < -0.3 is 10.1 Å². The van der Waals surface area contributed by atoms with Crippen molar-refractivity contribution in [3.8, 4) is 22.8 Å². The third-order valence-electron chi connectivity index (χ3n) is 4.79. The van der Waals surface area contributed by atoms with Gasteiger partial charge in [0.1, 0.15) is 5.75 Å². The van der Waals surface area contributed by atoms with Gasteiger partial charge in [0.15, 0.2) is 11.0 Å². The lowest BCUT2D eigenvalue weighted by atomic mass is 10.1. The number of hydrogen-bond acceptors (Lipinski definition) is 5. The first-order valence-electron chi connectivity index (χ1n) is 10.6. The van der Waals surface area contributed by atoms with E-state index in [1.165, 1.54) is 11.8 Å². The fraction of sp³-hybridized carbons (Fsp3) is 0.160. The molecule has 0 saturated carbocycles. The van der Waals surface area contributed by atoms with Crippen molar-refractivity contribution in [3.05, 3.63) is 82.3 Å². The van der Waals surface area contributed by atoms with Crippen molar-refractivity contribution < 1.29 is 9.53 Å². The Labute approximate surface area is 212 Å². The number of nitrogens with zero attached hydrogens (tertiary/aromatic N) is 3. The van der Waals surface area contributed by atoms with Gasteiger partial charge in [-0.05, 0) is 62.4 Å². The summed E-state index contributed by atoms with van der Waals surface area (Å²) in [4.78, 5) is 12.6. The SMILES string of the molecule is CCOc1ccc(-n2c(SCC(=O)Nc3cc(Cl)cc(Cl)c3)nnc2-c2cccc(C)c2)cc1. The highest BCUT2D eigenvalue weighted by Gasteiger charge is 2.18. The van der Waals surface area contributed by atoms with Crippen molar-refractivity contribution in [3.63, 3.8) is 0 Å². The molecule has 0 saturated heterocycles. The molecule has 1 amide bonds. The van der Waals surface area contributed by atoms with Gasteiger partial charge in [0.25, 0.3) is 0 Å². The standard InChI is InChI=1S/C25H22Cl2N4O2S/c1-3-33-22-9-7-21(8-10-22)31-24(17-6-4-5-16(2)11-17)29-30-25(31)34-15-23(32)28-20-13-18(26)12-19(27)14-20/h4-14H,3,15H2,1-2H3,(H,28,32). The van der Waals surface area contributed by atoms with Crippen LogP contribution in [0, 0.1) is 6.92 Å². The predicted molar refractivity (Wildman–Crippen MR) is 139 cm³/mol. The first-order chi connectivity index (χ1) is 16.4. The van der Waals surface area contributed by atoms with Crippen molar-refractivity contribution in [1.29, 1.82) is 0 Å². The monoisotopic (exact) mass is 512 g/mol.